The van der Waals surface area contributed by atoms with Crippen molar-refractivity contribution in [3.05, 3.63) is 53.3 Å². The number of nitrogens with zero attached hydrogens (tertiary/aromatic N) is 2. The number of pyridine rings is 1. The van der Waals surface area contributed by atoms with Crippen LogP contribution in [-0.4, -0.2) is 16.0 Å². The highest BCUT2D eigenvalue weighted by molar-refractivity contribution is 6.30. The molecule has 0 spiro atoms. The number of ether oxygens (including phenoxy) is 1. The number of benzene rings is 1. The second-order valence-electron chi connectivity index (χ2n) is 4.58. The van der Waals surface area contributed by atoms with Crippen molar-refractivity contribution in [1.82, 2.24) is 9.38 Å². The monoisotopic (exact) mass is 286 g/mol. The van der Waals surface area contributed by atoms with Crippen LogP contribution in [0.25, 0.3) is 16.9 Å². The van der Waals surface area contributed by atoms with Gasteiger partial charge in [-0.2, -0.15) is 0 Å². The Kier molecular flexibility index (Phi) is 3.36. The van der Waals surface area contributed by atoms with E-state index in [9.17, 15) is 0 Å². The third-order valence-corrected chi connectivity index (χ3v) is 3.48. The minimum Gasteiger partial charge on any atom is -0.494 e. The molecule has 0 saturated heterocycles. The second kappa shape index (κ2) is 5.17. The predicted octanol–water partition coefficient (Wildman–Crippen LogP) is 4.36. The summed E-state index contributed by atoms with van der Waals surface area (Å²) in [7, 11) is 0. The van der Waals surface area contributed by atoms with Gasteiger partial charge in [0.05, 0.1) is 17.3 Å². The Morgan fingerprint density at radius 3 is 2.60 bits per heavy atom. The fourth-order valence-electron chi connectivity index (χ4n) is 2.29. The molecule has 0 fully saturated rings. The summed E-state index contributed by atoms with van der Waals surface area (Å²) < 4.78 is 7.47. The zero-order chi connectivity index (χ0) is 14.1. The lowest BCUT2D eigenvalue weighted by atomic mass is 10.1. The molecule has 3 aromatic rings. The predicted molar refractivity (Wildman–Crippen MR) is 81.5 cm³/mol. The fourth-order valence-corrected chi connectivity index (χ4v) is 2.45. The van der Waals surface area contributed by atoms with Crippen LogP contribution in [-0.2, 0) is 0 Å². The number of halogens is 1. The van der Waals surface area contributed by atoms with E-state index in [2.05, 4.69) is 4.98 Å². The van der Waals surface area contributed by atoms with Crippen LogP contribution in [0.5, 0.6) is 5.75 Å². The van der Waals surface area contributed by atoms with Gasteiger partial charge in [0.25, 0.3) is 0 Å². The molecule has 0 radical (unpaired) electrons. The molecule has 0 aliphatic rings. The number of fused-ring (bicyclic) bond motifs is 1. The molecule has 0 aliphatic carbocycles. The van der Waals surface area contributed by atoms with E-state index in [4.69, 9.17) is 16.3 Å². The summed E-state index contributed by atoms with van der Waals surface area (Å²) in [4.78, 5) is 4.66. The lowest BCUT2D eigenvalue weighted by Crippen LogP contribution is -1.91. The first-order valence-electron chi connectivity index (χ1n) is 6.56. The van der Waals surface area contributed by atoms with Crippen molar-refractivity contribution >= 4 is 17.2 Å². The van der Waals surface area contributed by atoms with E-state index in [0.717, 1.165) is 28.3 Å². The Morgan fingerprint density at radius 2 is 1.90 bits per heavy atom. The van der Waals surface area contributed by atoms with Crippen LogP contribution in [0, 0.1) is 6.92 Å². The molecule has 4 heteroatoms. The molecule has 1 aromatic carbocycles. The van der Waals surface area contributed by atoms with E-state index in [1.165, 1.54) is 0 Å². The van der Waals surface area contributed by atoms with Gasteiger partial charge >= 0.3 is 0 Å². The van der Waals surface area contributed by atoms with E-state index < -0.39 is 0 Å². The SMILES string of the molecule is CCOc1ccc(-c2nc3ccc(Cl)cn3c2C)cc1. The molecule has 0 saturated carbocycles. The quantitative estimate of drug-likeness (QED) is 0.715. The summed E-state index contributed by atoms with van der Waals surface area (Å²) in [6, 6.07) is 11.8. The van der Waals surface area contributed by atoms with Crippen LogP contribution in [0.2, 0.25) is 5.02 Å². The highest BCUT2D eigenvalue weighted by atomic mass is 35.5. The molecule has 102 valence electrons. The average Bonchev–Trinajstić information content (AvgIpc) is 2.77. The minimum absolute atomic E-state index is 0.672. The minimum atomic E-state index is 0.672. The van der Waals surface area contributed by atoms with Crippen LogP contribution in [0.1, 0.15) is 12.6 Å². The fraction of sp³-hybridized carbons (Fsp3) is 0.188. The first kappa shape index (κ1) is 13.0. The van der Waals surface area contributed by atoms with Crippen LogP contribution in [0.3, 0.4) is 0 Å². The highest BCUT2D eigenvalue weighted by Gasteiger charge is 2.10. The maximum Gasteiger partial charge on any atom is 0.137 e. The summed E-state index contributed by atoms with van der Waals surface area (Å²) in [5.41, 5.74) is 4.02. The Hall–Kier alpha value is -2.00. The Labute approximate surface area is 122 Å². The summed E-state index contributed by atoms with van der Waals surface area (Å²) in [6.45, 7) is 4.69. The number of hydrogen-bond acceptors (Lipinski definition) is 2. The van der Waals surface area contributed by atoms with Gasteiger partial charge in [-0.1, -0.05) is 11.6 Å². The van der Waals surface area contributed by atoms with E-state index in [1.807, 2.05) is 60.8 Å². The van der Waals surface area contributed by atoms with E-state index in [0.29, 0.717) is 11.6 Å². The van der Waals surface area contributed by atoms with Crippen molar-refractivity contribution in [1.29, 1.82) is 0 Å². The summed E-state index contributed by atoms with van der Waals surface area (Å²) in [5, 5.41) is 0.705. The van der Waals surface area contributed by atoms with E-state index in [-0.39, 0.29) is 0 Å². The van der Waals surface area contributed by atoms with Crippen molar-refractivity contribution in [2.24, 2.45) is 0 Å². The third kappa shape index (κ3) is 2.25. The lowest BCUT2D eigenvalue weighted by molar-refractivity contribution is 0.340. The summed E-state index contributed by atoms with van der Waals surface area (Å²) in [5.74, 6) is 0.876. The number of imidazole rings is 1. The zero-order valence-electron chi connectivity index (χ0n) is 11.4. The maximum atomic E-state index is 6.04. The molecule has 0 atom stereocenters. The average molecular weight is 287 g/mol. The second-order valence-corrected chi connectivity index (χ2v) is 5.02. The Balaban J connectivity index is 2.07. The molecule has 0 bridgehead atoms. The number of hydrogen-bond donors (Lipinski definition) is 0. The first-order valence-corrected chi connectivity index (χ1v) is 6.94. The van der Waals surface area contributed by atoms with Gasteiger partial charge in [0.1, 0.15) is 11.4 Å². The van der Waals surface area contributed by atoms with E-state index in [1.54, 1.807) is 0 Å². The molecule has 20 heavy (non-hydrogen) atoms. The van der Waals surface area contributed by atoms with Gasteiger partial charge in [-0.25, -0.2) is 4.98 Å². The van der Waals surface area contributed by atoms with Gasteiger partial charge in [0.2, 0.25) is 0 Å². The molecule has 2 aromatic heterocycles. The standard InChI is InChI=1S/C16H15ClN2O/c1-3-20-14-7-4-12(5-8-14)16-11(2)19-10-13(17)6-9-15(19)18-16/h4-10H,3H2,1-2H3. The van der Waals surface area contributed by atoms with Gasteiger partial charge in [-0.3, -0.25) is 0 Å². The molecule has 2 heterocycles. The molecule has 0 amide bonds. The van der Waals surface area contributed by atoms with Gasteiger partial charge in [0.15, 0.2) is 0 Å². The van der Waals surface area contributed by atoms with Crippen LogP contribution >= 0.6 is 11.6 Å². The van der Waals surface area contributed by atoms with Crippen LogP contribution in [0.4, 0.5) is 0 Å². The topological polar surface area (TPSA) is 26.5 Å². The first-order chi connectivity index (χ1) is 9.69. The largest absolute Gasteiger partial charge is 0.494 e. The normalized spacial score (nSPS) is 10.9. The summed E-state index contributed by atoms with van der Waals surface area (Å²) in [6.07, 6.45) is 1.89. The molecular formula is C16H15ClN2O. The van der Waals surface area contributed by atoms with Crippen LogP contribution in [0.15, 0.2) is 42.6 Å². The van der Waals surface area contributed by atoms with E-state index >= 15 is 0 Å². The molecule has 3 rings (SSSR count). The molecule has 0 unspecified atom stereocenters. The van der Waals surface area contributed by atoms with Gasteiger partial charge in [-0.05, 0) is 50.2 Å². The Bertz CT molecular complexity index is 747. The Morgan fingerprint density at radius 1 is 1.15 bits per heavy atom. The zero-order valence-corrected chi connectivity index (χ0v) is 12.2. The van der Waals surface area contributed by atoms with Crippen molar-refractivity contribution < 1.29 is 4.74 Å². The molecular weight excluding hydrogens is 272 g/mol. The van der Waals surface area contributed by atoms with Gasteiger partial charge in [0, 0.05) is 17.5 Å². The number of rotatable bonds is 3. The summed E-state index contributed by atoms with van der Waals surface area (Å²) >= 11 is 6.04. The maximum absolute atomic E-state index is 6.04. The molecule has 0 N–H and O–H groups in total. The van der Waals surface area contributed by atoms with Crippen LogP contribution < -0.4 is 4.74 Å². The van der Waals surface area contributed by atoms with Crippen molar-refractivity contribution in [2.75, 3.05) is 6.61 Å². The highest BCUT2D eigenvalue weighted by Crippen LogP contribution is 2.26. The lowest BCUT2D eigenvalue weighted by Gasteiger charge is -2.04. The van der Waals surface area contributed by atoms with Crippen molar-refractivity contribution in [3.8, 4) is 17.0 Å². The third-order valence-electron chi connectivity index (χ3n) is 3.26. The number of aryl methyl sites for hydroxylation is 1. The molecule has 0 aliphatic heterocycles. The number of aromatic nitrogens is 2. The van der Waals surface area contributed by atoms with Crippen molar-refractivity contribution in [3.63, 3.8) is 0 Å². The van der Waals surface area contributed by atoms with Crippen molar-refractivity contribution in [2.45, 2.75) is 13.8 Å². The molecule has 3 nitrogen and oxygen atoms in total. The smallest absolute Gasteiger partial charge is 0.137 e. The van der Waals surface area contributed by atoms with Gasteiger partial charge in [-0.15, -0.1) is 0 Å². The van der Waals surface area contributed by atoms with Gasteiger partial charge < -0.3 is 9.14 Å².